The lowest BCUT2D eigenvalue weighted by Crippen LogP contribution is -2.57. The van der Waals surface area contributed by atoms with Crippen molar-refractivity contribution in [2.75, 3.05) is 0 Å². The number of aliphatic hydroxyl groups is 1. The summed E-state index contributed by atoms with van der Waals surface area (Å²) in [5.41, 5.74) is 7.67. The van der Waals surface area contributed by atoms with E-state index in [2.05, 4.69) is 10.6 Å². The van der Waals surface area contributed by atoms with Crippen molar-refractivity contribution >= 4 is 17.8 Å². The number of hydrogen-bond acceptors (Lipinski definition) is 5. The Morgan fingerprint density at radius 2 is 1.37 bits per heavy atom. The Hall–Kier alpha value is -3.23. The predicted octanol–water partition coefficient (Wildman–Crippen LogP) is 0.234. The van der Waals surface area contributed by atoms with Gasteiger partial charge in [0, 0.05) is 6.42 Å². The summed E-state index contributed by atoms with van der Waals surface area (Å²) in [5.74, 6) is -2.62. The number of aliphatic carboxylic acids is 1. The summed E-state index contributed by atoms with van der Waals surface area (Å²) in [6, 6.07) is 14.8. The highest BCUT2D eigenvalue weighted by Crippen LogP contribution is 2.07. The molecule has 2 rings (SSSR count). The lowest BCUT2D eigenvalue weighted by molar-refractivity contribution is -0.145. The van der Waals surface area contributed by atoms with E-state index < -0.39 is 42.0 Å². The lowest BCUT2D eigenvalue weighted by Gasteiger charge is -2.24. The van der Waals surface area contributed by atoms with Crippen LogP contribution >= 0.6 is 0 Å². The summed E-state index contributed by atoms with van der Waals surface area (Å²) in [6.07, 6.45) is -0.875. The summed E-state index contributed by atoms with van der Waals surface area (Å²) in [4.78, 5) is 36.7. The molecule has 0 spiro atoms. The van der Waals surface area contributed by atoms with Gasteiger partial charge in [0.25, 0.3) is 0 Å². The van der Waals surface area contributed by atoms with Crippen LogP contribution in [0.1, 0.15) is 18.1 Å². The van der Waals surface area contributed by atoms with Crippen LogP contribution in [0.4, 0.5) is 0 Å². The van der Waals surface area contributed by atoms with Crippen LogP contribution in [0.5, 0.6) is 0 Å². The molecule has 0 aliphatic carbocycles. The molecule has 0 saturated carbocycles. The Kier molecular flexibility index (Phi) is 8.52. The van der Waals surface area contributed by atoms with Crippen molar-refractivity contribution in [2.24, 2.45) is 5.73 Å². The first kappa shape index (κ1) is 23.1. The Morgan fingerprint density at radius 1 is 0.867 bits per heavy atom. The van der Waals surface area contributed by atoms with Gasteiger partial charge in [-0.1, -0.05) is 60.7 Å². The van der Waals surface area contributed by atoms with Crippen LogP contribution in [0.25, 0.3) is 0 Å². The molecule has 6 N–H and O–H groups in total. The average Bonchev–Trinajstić information content (AvgIpc) is 2.72. The third-order valence-corrected chi connectivity index (χ3v) is 4.60. The fourth-order valence-corrected chi connectivity index (χ4v) is 2.94. The van der Waals surface area contributed by atoms with Crippen LogP contribution < -0.4 is 16.4 Å². The molecule has 0 aromatic heterocycles. The standard InChI is InChI=1S/C22H27N3O5/c1-14(26)19(22(29)30)25-21(28)18(13-16-10-6-3-7-11-16)24-20(27)17(23)12-15-8-4-2-5-9-15/h2-11,14,17-19,26H,12-13,23H2,1H3,(H,24,27)(H,25,28)(H,29,30)/t14-,17+,18+,19+/m0/s1. The fraction of sp³-hybridized carbons (Fsp3) is 0.318. The zero-order valence-corrected chi connectivity index (χ0v) is 16.7. The van der Waals surface area contributed by atoms with Gasteiger partial charge in [-0.3, -0.25) is 9.59 Å². The van der Waals surface area contributed by atoms with Crippen molar-refractivity contribution in [1.82, 2.24) is 10.6 Å². The highest BCUT2D eigenvalue weighted by atomic mass is 16.4. The number of aliphatic hydroxyl groups excluding tert-OH is 1. The number of carboxylic acid groups (broad SMARTS) is 1. The number of carbonyl (C=O) groups is 3. The normalized spacial score (nSPS) is 14.8. The topological polar surface area (TPSA) is 142 Å². The first-order valence-electron chi connectivity index (χ1n) is 9.63. The molecular formula is C22H27N3O5. The van der Waals surface area contributed by atoms with Crippen LogP contribution in [0.3, 0.4) is 0 Å². The predicted molar refractivity (Wildman–Crippen MR) is 111 cm³/mol. The number of benzene rings is 2. The van der Waals surface area contributed by atoms with E-state index in [-0.39, 0.29) is 12.8 Å². The molecule has 0 heterocycles. The molecule has 8 nitrogen and oxygen atoms in total. The summed E-state index contributed by atoms with van der Waals surface area (Å²) < 4.78 is 0. The summed E-state index contributed by atoms with van der Waals surface area (Å²) in [5, 5.41) is 23.8. The van der Waals surface area contributed by atoms with Crippen molar-refractivity contribution in [1.29, 1.82) is 0 Å². The summed E-state index contributed by atoms with van der Waals surface area (Å²) >= 11 is 0. The number of rotatable bonds is 10. The lowest BCUT2D eigenvalue weighted by atomic mass is 10.0. The van der Waals surface area contributed by atoms with Gasteiger partial charge in [0.1, 0.15) is 6.04 Å². The maximum Gasteiger partial charge on any atom is 0.328 e. The average molecular weight is 413 g/mol. The number of hydrogen-bond donors (Lipinski definition) is 5. The van der Waals surface area contributed by atoms with Crippen LogP contribution in [-0.2, 0) is 27.2 Å². The molecule has 2 amide bonds. The van der Waals surface area contributed by atoms with Crippen LogP contribution in [0.2, 0.25) is 0 Å². The number of nitrogens with one attached hydrogen (secondary N) is 2. The van der Waals surface area contributed by atoms with Gasteiger partial charge in [-0.25, -0.2) is 4.79 Å². The molecule has 160 valence electrons. The molecule has 30 heavy (non-hydrogen) atoms. The molecule has 0 fully saturated rings. The van der Waals surface area contributed by atoms with Gasteiger partial charge < -0.3 is 26.6 Å². The molecule has 4 atom stereocenters. The maximum atomic E-state index is 12.7. The van der Waals surface area contributed by atoms with Crippen molar-refractivity contribution in [3.8, 4) is 0 Å². The van der Waals surface area contributed by atoms with Crippen molar-refractivity contribution < 1.29 is 24.6 Å². The van der Waals surface area contributed by atoms with Gasteiger partial charge in [0.05, 0.1) is 12.1 Å². The molecular weight excluding hydrogens is 386 g/mol. The number of amides is 2. The van der Waals surface area contributed by atoms with Crippen molar-refractivity contribution in [3.63, 3.8) is 0 Å². The van der Waals surface area contributed by atoms with Gasteiger partial charge in [-0.2, -0.15) is 0 Å². The monoisotopic (exact) mass is 413 g/mol. The highest BCUT2D eigenvalue weighted by molar-refractivity contribution is 5.92. The SMILES string of the molecule is C[C@H](O)[C@@H](NC(=O)[C@@H](Cc1ccccc1)NC(=O)[C@H](N)Cc1ccccc1)C(=O)O. The fourth-order valence-electron chi connectivity index (χ4n) is 2.94. The summed E-state index contributed by atoms with van der Waals surface area (Å²) in [6.45, 7) is 1.26. The zero-order valence-electron chi connectivity index (χ0n) is 16.7. The third kappa shape index (κ3) is 6.98. The van der Waals surface area contributed by atoms with Gasteiger partial charge in [0.15, 0.2) is 6.04 Å². The first-order valence-corrected chi connectivity index (χ1v) is 9.63. The quantitative estimate of drug-likeness (QED) is 0.378. The second-order valence-corrected chi connectivity index (χ2v) is 7.11. The van der Waals surface area contributed by atoms with E-state index in [4.69, 9.17) is 5.73 Å². The van der Waals surface area contributed by atoms with E-state index in [1.807, 2.05) is 36.4 Å². The zero-order chi connectivity index (χ0) is 22.1. The van der Waals surface area contributed by atoms with E-state index in [0.29, 0.717) is 0 Å². The minimum Gasteiger partial charge on any atom is -0.480 e. The number of carbonyl (C=O) groups excluding carboxylic acids is 2. The number of nitrogens with two attached hydrogens (primary N) is 1. The largest absolute Gasteiger partial charge is 0.480 e. The Labute approximate surface area is 175 Å². The molecule has 0 radical (unpaired) electrons. The smallest absolute Gasteiger partial charge is 0.328 e. The second-order valence-electron chi connectivity index (χ2n) is 7.11. The molecule has 0 saturated heterocycles. The minimum atomic E-state index is -1.49. The molecule has 8 heteroatoms. The Morgan fingerprint density at radius 3 is 1.83 bits per heavy atom. The van der Waals surface area contributed by atoms with Crippen molar-refractivity contribution in [3.05, 3.63) is 71.8 Å². The van der Waals surface area contributed by atoms with Crippen LogP contribution in [-0.4, -0.2) is 52.2 Å². The Bertz CT molecular complexity index is 842. The maximum absolute atomic E-state index is 12.7. The van der Waals surface area contributed by atoms with Gasteiger partial charge in [-0.05, 0) is 24.5 Å². The summed E-state index contributed by atoms with van der Waals surface area (Å²) in [7, 11) is 0. The van der Waals surface area contributed by atoms with E-state index in [9.17, 15) is 24.6 Å². The first-order chi connectivity index (χ1) is 14.3. The van der Waals surface area contributed by atoms with Crippen LogP contribution in [0, 0.1) is 0 Å². The molecule has 0 bridgehead atoms. The third-order valence-electron chi connectivity index (χ3n) is 4.60. The van der Waals surface area contributed by atoms with Gasteiger partial charge >= 0.3 is 5.97 Å². The van der Waals surface area contributed by atoms with E-state index >= 15 is 0 Å². The molecule has 2 aromatic carbocycles. The molecule has 2 aromatic rings. The molecule has 0 aliphatic heterocycles. The van der Waals surface area contributed by atoms with Crippen molar-refractivity contribution in [2.45, 2.75) is 44.0 Å². The van der Waals surface area contributed by atoms with E-state index in [1.165, 1.54) is 6.92 Å². The highest BCUT2D eigenvalue weighted by Gasteiger charge is 2.30. The molecule has 0 unspecified atom stereocenters. The van der Waals surface area contributed by atoms with Crippen LogP contribution in [0.15, 0.2) is 60.7 Å². The van der Waals surface area contributed by atoms with Gasteiger partial charge in [0.2, 0.25) is 11.8 Å². The Balaban J connectivity index is 2.13. The van der Waals surface area contributed by atoms with E-state index in [0.717, 1.165) is 11.1 Å². The molecule has 0 aliphatic rings. The van der Waals surface area contributed by atoms with Gasteiger partial charge in [-0.15, -0.1) is 0 Å². The minimum absolute atomic E-state index is 0.141. The number of carboxylic acids is 1. The second kappa shape index (κ2) is 11.1. The van der Waals surface area contributed by atoms with E-state index in [1.54, 1.807) is 24.3 Å².